The summed E-state index contributed by atoms with van der Waals surface area (Å²) in [5, 5.41) is 0.716. The summed E-state index contributed by atoms with van der Waals surface area (Å²) in [6.07, 6.45) is -0.881. The number of hydrogen-bond acceptors (Lipinski definition) is 3. The van der Waals surface area contributed by atoms with Crippen LogP contribution >= 0.6 is 23.2 Å². The van der Waals surface area contributed by atoms with E-state index in [1.54, 1.807) is 43.3 Å². The molecule has 0 bridgehead atoms. The van der Waals surface area contributed by atoms with Gasteiger partial charge in [-0.2, -0.15) is 8.78 Å². The molecule has 1 unspecified atom stereocenters. The number of likely N-dealkylation sites (N-methyl/N-ethyl adjacent to an activating group) is 1. The van der Waals surface area contributed by atoms with Crippen LogP contribution in [0.1, 0.15) is 19.3 Å². The Bertz CT molecular complexity index is 1010. The molecule has 0 spiro atoms. The Morgan fingerprint density at radius 1 is 1.25 bits per heavy atom. The van der Waals surface area contributed by atoms with Crippen LogP contribution in [0.25, 0.3) is 11.0 Å². The van der Waals surface area contributed by atoms with Crippen LogP contribution in [0.4, 0.5) is 8.78 Å². The first-order chi connectivity index (χ1) is 13.3. The standard InChI is InChI=1S/C19H17Cl2F2N3O2/c1-11(28-16-8-7-12(20)9-13(16)21)18(27)25(2)10-17-24-14-5-3-4-6-15(14)26(17)19(22)23/h3-9,11,19H,10H2,1-2H3. The zero-order valence-corrected chi connectivity index (χ0v) is 16.6. The molecule has 0 saturated heterocycles. The van der Waals surface area contributed by atoms with E-state index in [0.717, 1.165) is 4.57 Å². The maximum absolute atomic E-state index is 13.5. The molecule has 0 saturated carbocycles. The molecule has 1 heterocycles. The lowest BCUT2D eigenvalue weighted by Crippen LogP contribution is -2.38. The zero-order valence-electron chi connectivity index (χ0n) is 15.1. The van der Waals surface area contributed by atoms with Gasteiger partial charge in [0, 0.05) is 12.1 Å². The number of carbonyl (C=O) groups excluding carboxylic acids is 1. The third-order valence-corrected chi connectivity index (χ3v) is 4.69. The van der Waals surface area contributed by atoms with Crippen molar-refractivity contribution < 1.29 is 18.3 Å². The number of amides is 1. The molecule has 3 rings (SSSR count). The molecule has 3 aromatic rings. The van der Waals surface area contributed by atoms with Crippen LogP contribution in [0.2, 0.25) is 10.0 Å². The molecule has 1 atom stereocenters. The van der Waals surface area contributed by atoms with Gasteiger partial charge in [0.15, 0.2) is 6.10 Å². The second-order valence-corrected chi connectivity index (χ2v) is 7.04. The van der Waals surface area contributed by atoms with Gasteiger partial charge in [0.1, 0.15) is 11.6 Å². The average molecular weight is 428 g/mol. The Kier molecular flexibility index (Phi) is 6.05. The van der Waals surface area contributed by atoms with E-state index in [2.05, 4.69) is 4.98 Å². The van der Waals surface area contributed by atoms with Gasteiger partial charge in [-0.15, -0.1) is 0 Å². The van der Waals surface area contributed by atoms with Crippen molar-refractivity contribution in [3.05, 3.63) is 58.3 Å². The number of halogens is 4. The lowest BCUT2D eigenvalue weighted by atomic mass is 10.3. The molecule has 5 nitrogen and oxygen atoms in total. The number of ether oxygens (including phenoxy) is 1. The minimum Gasteiger partial charge on any atom is -0.479 e. The monoisotopic (exact) mass is 427 g/mol. The van der Waals surface area contributed by atoms with Crippen LogP contribution in [0, 0.1) is 0 Å². The zero-order chi connectivity index (χ0) is 20.4. The van der Waals surface area contributed by atoms with Gasteiger partial charge in [-0.25, -0.2) is 4.98 Å². The van der Waals surface area contributed by atoms with Crippen molar-refractivity contribution in [3.63, 3.8) is 0 Å². The fourth-order valence-corrected chi connectivity index (χ4v) is 3.29. The van der Waals surface area contributed by atoms with Gasteiger partial charge >= 0.3 is 6.55 Å². The van der Waals surface area contributed by atoms with E-state index in [4.69, 9.17) is 27.9 Å². The smallest absolute Gasteiger partial charge is 0.320 e. The van der Waals surface area contributed by atoms with Crippen LogP contribution in [-0.4, -0.2) is 33.5 Å². The highest BCUT2D eigenvalue weighted by Gasteiger charge is 2.24. The third kappa shape index (κ3) is 4.20. The van der Waals surface area contributed by atoms with Crippen molar-refractivity contribution in [3.8, 4) is 5.75 Å². The molecule has 0 fully saturated rings. The molecular formula is C19H17Cl2F2N3O2. The maximum Gasteiger partial charge on any atom is 0.320 e. The molecular weight excluding hydrogens is 411 g/mol. The fraction of sp³-hybridized carbons (Fsp3) is 0.263. The average Bonchev–Trinajstić information content (AvgIpc) is 3.01. The predicted octanol–water partition coefficient (Wildman–Crippen LogP) is 5.16. The van der Waals surface area contributed by atoms with Gasteiger partial charge in [-0.3, -0.25) is 9.36 Å². The second-order valence-electron chi connectivity index (χ2n) is 6.19. The number of alkyl halides is 2. The van der Waals surface area contributed by atoms with E-state index in [-0.39, 0.29) is 17.4 Å². The first-order valence-electron chi connectivity index (χ1n) is 8.38. The Labute approximate surface area is 170 Å². The van der Waals surface area contributed by atoms with Gasteiger partial charge in [0.2, 0.25) is 0 Å². The highest BCUT2D eigenvalue weighted by molar-refractivity contribution is 6.35. The van der Waals surface area contributed by atoms with Crippen molar-refractivity contribution in [2.75, 3.05) is 7.05 Å². The number of aromatic nitrogens is 2. The number of para-hydroxylation sites is 2. The molecule has 28 heavy (non-hydrogen) atoms. The predicted molar refractivity (Wildman–Crippen MR) is 104 cm³/mol. The molecule has 1 aromatic heterocycles. The molecule has 0 radical (unpaired) electrons. The highest BCUT2D eigenvalue weighted by Crippen LogP contribution is 2.29. The van der Waals surface area contributed by atoms with Gasteiger partial charge in [-0.1, -0.05) is 35.3 Å². The summed E-state index contributed by atoms with van der Waals surface area (Å²) in [6.45, 7) is -1.31. The van der Waals surface area contributed by atoms with Crippen molar-refractivity contribution in [1.82, 2.24) is 14.5 Å². The Morgan fingerprint density at radius 3 is 2.64 bits per heavy atom. The van der Waals surface area contributed by atoms with Crippen molar-refractivity contribution in [1.29, 1.82) is 0 Å². The van der Waals surface area contributed by atoms with E-state index in [1.165, 1.54) is 18.0 Å². The summed E-state index contributed by atoms with van der Waals surface area (Å²) in [7, 11) is 1.50. The first kappa shape index (κ1) is 20.4. The van der Waals surface area contributed by atoms with Crippen molar-refractivity contribution in [2.45, 2.75) is 26.1 Å². The molecule has 2 aromatic carbocycles. The number of nitrogens with zero attached hydrogens (tertiary/aromatic N) is 3. The van der Waals surface area contributed by atoms with Gasteiger partial charge in [-0.05, 0) is 37.3 Å². The summed E-state index contributed by atoms with van der Waals surface area (Å²) < 4.78 is 33.5. The number of benzene rings is 2. The Hall–Kier alpha value is -2.38. The van der Waals surface area contributed by atoms with Gasteiger partial charge in [0.05, 0.1) is 22.6 Å². The summed E-state index contributed by atoms with van der Waals surface area (Å²) >= 11 is 11.9. The van der Waals surface area contributed by atoms with E-state index < -0.39 is 18.6 Å². The largest absolute Gasteiger partial charge is 0.479 e. The summed E-state index contributed by atoms with van der Waals surface area (Å²) in [5.74, 6) is -0.0113. The van der Waals surface area contributed by atoms with E-state index in [9.17, 15) is 13.6 Å². The maximum atomic E-state index is 13.5. The molecule has 148 valence electrons. The number of hydrogen-bond donors (Lipinski definition) is 0. The summed E-state index contributed by atoms with van der Waals surface area (Å²) in [6, 6.07) is 11.2. The Morgan fingerprint density at radius 2 is 1.96 bits per heavy atom. The molecule has 0 aliphatic rings. The van der Waals surface area contributed by atoms with Gasteiger partial charge in [0.25, 0.3) is 5.91 Å². The molecule has 0 aliphatic carbocycles. The summed E-state index contributed by atoms with van der Waals surface area (Å²) in [4.78, 5) is 18.2. The minimum absolute atomic E-state index is 0.0868. The highest BCUT2D eigenvalue weighted by atomic mass is 35.5. The van der Waals surface area contributed by atoms with E-state index in [1.807, 2.05) is 0 Å². The Balaban J connectivity index is 1.77. The molecule has 0 N–H and O–H groups in total. The van der Waals surface area contributed by atoms with E-state index in [0.29, 0.717) is 21.8 Å². The fourth-order valence-electron chi connectivity index (χ4n) is 2.84. The lowest BCUT2D eigenvalue weighted by molar-refractivity contribution is -0.137. The quantitative estimate of drug-likeness (QED) is 0.545. The SMILES string of the molecule is CC(Oc1ccc(Cl)cc1Cl)C(=O)N(C)Cc1nc2ccccc2n1C(F)F. The van der Waals surface area contributed by atoms with Crippen LogP contribution in [-0.2, 0) is 11.3 Å². The molecule has 1 amide bonds. The number of rotatable bonds is 6. The van der Waals surface area contributed by atoms with Crippen LogP contribution < -0.4 is 4.74 Å². The van der Waals surface area contributed by atoms with Crippen molar-refractivity contribution >= 4 is 40.1 Å². The normalized spacial score (nSPS) is 12.4. The first-order valence-corrected chi connectivity index (χ1v) is 9.14. The summed E-state index contributed by atoms with van der Waals surface area (Å²) in [5.41, 5.74) is 0.751. The molecule has 9 heteroatoms. The second kappa shape index (κ2) is 8.32. The lowest BCUT2D eigenvalue weighted by Gasteiger charge is -2.22. The van der Waals surface area contributed by atoms with Crippen LogP contribution in [0.5, 0.6) is 5.75 Å². The minimum atomic E-state index is -2.77. The van der Waals surface area contributed by atoms with Crippen LogP contribution in [0.15, 0.2) is 42.5 Å². The van der Waals surface area contributed by atoms with Crippen molar-refractivity contribution in [2.24, 2.45) is 0 Å². The number of imidazole rings is 1. The topological polar surface area (TPSA) is 47.4 Å². The van der Waals surface area contributed by atoms with E-state index >= 15 is 0 Å². The number of fused-ring (bicyclic) bond motifs is 1. The van der Waals surface area contributed by atoms with Gasteiger partial charge < -0.3 is 9.64 Å². The molecule has 0 aliphatic heterocycles. The third-order valence-electron chi connectivity index (χ3n) is 4.16. The van der Waals surface area contributed by atoms with Crippen LogP contribution in [0.3, 0.4) is 0 Å². The number of carbonyl (C=O) groups is 1.